The minimum Gasteiger partial charge on any atom is -0.383 e. The Morgan fingerprint density at radius 2 is 2.11 bits per heavy atom. The van der Waals surface area contributed by atoms with Crippen molar-refractivity contribution in [3.8, 4) is 0 Å². The molecule has 0 aliphatic rings. The minimum atomic E-state index is -0.828. The fourth-order valence-corrected chi connectivity index (χ4v) is 2.72. The summed E-state index contributed by atoms with van der Waals surface area (Å²) in [7, 11) is 0. The van der Waals surface area contributed by atoms with Gasteiger partial charge in [-0.1, -0.05) is 33.6 Å². The van der Waals surface area contributed by atoms with Gasteiger partial charge in [-0.05, 0) is 36.2 Å². The third-order valence-electron chi connectivity index (χ3n) is 2.77. The highest BCUT2D eigenvalue weighted by atomic mass is 79.9. The lowest BCUT2D eigenvalue weighted by Crippen LogP contribution is -2.08. The van der Waals surface area contributed by atoms with E-state index in [9.17, 15) is 5.11 Å². The lowest BCUT2D eigenvalue weighted by atomic mass is 9.98. The van der Waals surface area contributed by atoms with Crippen LogP contribution in [0.1, 0.15) is 22.8 Å². The highest BCUT2D eigenvalue weighted by molar-refractivity contribution is 9.10. The van der Waals surface area contributed by atoms with Gasteiger partial charge in [-0.25, -0.2) is 4.98 Å². The number of rotatable bonds is 2. The Kier molecular flexibility index (Phi) is 3.90. The van der Waals surface area contributed by atoms with Crippen LogP contribution in [0.25, 0.3) is 0 Å². The Morgan fingerprint density at radius 1 is 1.39 bits per heavy atom. The van der Waals surface area contributed by atoms with E-state index in [1.54, 1.807) is 24.4 Å². The number of aliphatic hydroxyl groups excluding tert-OH is 1. The average Bonchev–Trinajstić information content (AvgIpc) is 2.28. The van der Waals surface area contributed by atoms with Crippen LogP contribution in [0.2, 0.25) is 5.02 Å². The van der Waals surface area contributed by atoms with Gasteiger partial charge in [-0.3, -0.25) is 0 Å². The summed E-state index contributed by atoms with van der Waals surface area (Å²) in [6.07, 6.45) is 0.794. The molecule has 5 heteroatoms. The first-order valence-corrected chi connectivity index (χ1v) is 6.51. The van der Waals surface area contributed by atoms with Gasteiger partial charge in [-0.15, -0.1) is 0 Å². The van der Waals surface area contributed by atoms with Crippen LogP contribution in [0, 0.1) is 6.92 Å². The fraction of sp³-hybridized carbons (Fsp3) is 0.154. The van der Waals surface area contributed by atoms with E-state index in [1.807, 2.05) is 13.0 Å². The van der Waals surface area contributed by atoms with Crippen LogP contribution in [0.4, 0.5) is 5.82 Å². The molecule has 3 nitrogen and oxygen atoms in total. The van der Waals surface area contributed by atoms with E-state index in [1.165, 1.54) is 0 Å². The van der Waals surface area contributed by atoms with Crippen LogP contribution < -0.4 is 5.73 Å². The zero-order valence-electron chi connectivity index (χ0n) is 9.69. The smallest absolute Gasteiger partial charge is 0.129 e. The molecule has 0 radical (unpaired) electrons. The van der Waals surface area contributed by atoms with Crippen LogP contribution in [0.3, 0.4) is 0 Å². The largest absolute Gasteiger partial charge is 0.383 e. The second-order valence-electron chi connectivity index (χ2n) is 4.00. The van der Waals surface area contributed by atoms with Gasteiger partial charge in [0.2, 0.25) is 0 Å². The Labute approximate surface area is 119 Å². The molecule has 1 unspecified atom stereocenters. The first kappa shape index (κ1) is 13.3. The molecule has 0 aliphatic carbocycles. The monoisotopic (exact) mass is 326 g/mol. The molecule has 1 aromatic heterocycles. The fourth-order valence-electron chi connectivity index (χ4n) is 1.83. The Bertz CT molecular complexity index is 569. The van der Waals surface area contributed by atoms with Crippen LogP contribution in [0.5, 0.6) is 0 Å². The minimum absolute atomic E-state index is 0.337. The third-order valence-corrected chi connectivity index (χ3v) is 3.69. The van der Waals surface area contributed by atoms with Gasteiger partial charge in [0.25, 0.3) is 0 Å². The summed E-state index contributed by atoms with van der Waals surface area (Å²) in [5.74, 6) is 0.337. The zero-order valence-corrected chi connectivity index (χ0v) is 12.0. The molecule has 3 N–H and O–H groups in total. The predicted molar refractivity (Wildman–Crippen MR) is 76.6 cm³/mol. The normalized spacial score (nSPS) is 12.4. The van der Waals surface area contributed by atoms with Gasteiger partial charge < -0.3 is 10.8 Å². The SMILES string of the molecule is Cc1ccnc(N)c1C(O)c1ccc(Cl)cc1Br. The summed E-state index contributed by atoms with van der Waals surface area (Å²) < 4.78 is 0.741. The quantitative estimate of drug-likeness (QED) is 0.888. The van der Waals surface area contributed by atoms with Crippen LogP contribution in [0.15, 0.2) is 34.9 Å². The number of anilines is 1. The summed E-state index contributed by atoms with van der Waals surface area (Å²) in [5, 5.41) is 11.0. The first-order valence-electron chi connectivity index (χ1n) is 5.34. The highest BCUT2D eigenvalue weighted by Crippen LogP contribution is 2.33. The summed E-state index contributed by atoms with van der Waals surface area (Å²) in [6, 6.07) is 7.05. The molecule has 94 valence electrons. The summed E-state index contributed by atoms with van der Waals surface area (Å²) in [6.45, 7) is 1.89. The number of aryl methyl sites for hydroxylation is 1. The van der Waals surface area contributed by atoms with E-state index in [0.29, 0.717) is 22.0 Å². The van der Waals surface area contributed by atoms with E-state index in [0.717, 1.165) is 10.0 Å². The molecule has 0 aliphatic heterocycles. The van der Waals surface area contributed by atoms with Crippen molar-refractivity contribution in [3.05, 3.63) is 56.6 Å². The maximum absolute atomic E-state index is 10.4. The van der Waals surface area contributed by atoms with Gasteiger partial charge in [0.15, 0.2) is 0 Å². The summed E-state index contributed by atoms with van der Waals surface area (Å²) in [5.41, 5.74) is 8.06. The molecule has 1 heterocycles. The number of aliphatic hydroxyl groups is 1. The van der Waals surface area contributed by atoms with E-state index in [2.05, 4.69) is 20.9 Å². The van der Waals surface area contributed by atoms with Crippen molar-refractivity contribution in [2.45, 2.75) is 13.0 Å². The van der Waals surface area contributed by atoms with E-state index < -0.39 is 6.10 Å². The number of benzene rings is 1. The van der Waals surface area contributed by atoms with Gasteiger partial charge in [0.05, 0.1) is 0 Å². The number of hydrogen-bond acceptors (Lipinski definition) is 3. The van der Waals surface area contributed by atoms with E-state index >= 15 is 0 Å². The van der Waals surface area contributed by atoms with Crippen molar-refractivity contribution in [1.82, 2.24) is 4.98 Å². The Hall–Kier alpha value is -1.10. The van der Waals surface area contributed by atoms with Gasteiger partial charge in [0, 0.05) is 21.3 Å². The van der Waals surface area contributed by atoms with Crippen molar-refractivity contribution in [2.75, 3.05) is 5.73 Å². The number of halogens is 2. The third kappa shape index (κ3) is 2.51. The topological polar surface area (TPSA) is 59.1 Å². The molecule has 18 heavy (non-hydrogen) atoms. The zero-order chi connectivity index (χ0) is 13.3. The standard InChI is InChI=1S/C13H12BrClN2O/c1-7-4-5-17-13(16)11(7)12(18)9-3-2-8(15)6-10(9)14/h2-6,12,18H,1H3,(H2,16,17). The second kappa shape index (κ2) is 5.26. The molecule has 0 saturated carbocycles. The molecular weight excluding hydrogens is 316 g/mol. The van der Waals surface area contributed by atoms with Gasteiger partial charge in [0.1, 0.15) is 11.9 Å². The second-order valence-corrected chi connectivity index (χ2v) is 5.29. The van der Waals surface area contributed by atoms with Crippen molar-refractivity contribution in [2.24, 2.45) is 0 Å². The average molecular weight is 328 g/mol. The number of pyridine rings is 1. The summed E-state index contributed by atoms with van der Waals surface area (Å²) in [4.78, 5) is 4.01. The van der Waals surface area contributed by atoms with Gasteiger partial charge in [-0.2, -0.15) is 0 Å². The first-order chi connectivity index (χ1) is 8.50. The van der Waals surface area contributed by atoms with Crippen molar-refractivity contribution < 1.29 is 5.11 Å². The molecular formula is C13H12BrClN2O. The molecule has 1 atom stereocenters. The van der Waals surface area contributed by atoms with E-state index in [-0.39, 0.29) is 0 Å². The van der Waals surface area contributed by atoms with Crippen LogP contribution in [-0.4, -0.2) is 10.1 Å². The van der Waals surface area contributed by atoms with E-state index in [4.69, 9.17) is 17.3 Å². The number of aromatic nitrogens is 1. The summed E-state index contributed by atoms with van der Waals surface area (Å²) >= 11 is 9.27. The lowest BCUT2D eigenvalue weighted by molar-refractivity contribution is 0.219. The van der Waals surface area contributed by atoms with Gasteiger partial charge >= 0.3 is 0 Å². The molecule has 0 bridgehead atoms. The number of nitrogens with two attached hydrogens (primary N) is 1. The number of nitrogens with zero attached hydrogens (tertiary/aromatic N) is 1. The van der Waals surface area contributed by atoms with Crippen LogP contribution >= 0.6 is 27.5 Å². The molecule has 2 aromatic rings. The number of nitrogen functional groups attached to an aromatic ring is 1. The van der Waals surface area contributed by atoms with Crippen molar-refractivity contribution in [1.29, 1.82) is 0 Å². The van der Waals surface area contributed by atoms with Crippen LogP contribution in [-0.2, 0) is 0 Å². The Balaban J connectivity index is 2.51. The molecule has 0 saturated heterocycles. The van der Waals surface area contributed by atoms with Crippen molar-refractivity contribution >= 4 is 33.3 Å². The van der Waals surface area contributed by atoms with Crippen molar-refractivity contribution in [3.63, 3.8) is 0 Å². The molecule has 0 spiro atoms. The highest BCUT2D eigenvalue weighted by Gasteiger charge is 2.19. The molecule has 0 fully saturated rings. The Morgan fingerprint density at radius 3 is 2.72 bits per heavy atom. The molecule has 2 rings (SSSR count). The molecule has 1 aromatic carbocycles. The maximum Gasteiger partial charge on any atom is 0.129 e. The maximum atomic E-state index is 10.4. The molecule has 0 amide bonds. The predicted octanol–water partition coefficient (Wildman–Crippen LogP) is 3.47. The lowest BCUT2D eigenvalue weighted by Gasteiger charge is -2.17. The number of hydrogen-bond donors (Lipinski definition) is 2.